The Labute approximate surface area is 94.4 Å². The lowest BCUT2D eigenvalue weighted by atomic mass is 9.97. The van der Waals surface area contributed by atoms with E-state index in [2.05, 4.69) is 15.2 Å². The minimum absolute atomic E-state index is 0.306. The van der Waals surface area contributed by atoms with Crippen molar-refractivity contribution in [1.29, 1.82) is 0 Å². The van der Waals surface area contributed by atoms with Crippen molar-refractivity contribution in [2.75, 3.05) is 0 Å². The van der Waals surface area contributed by atoms with Crippen molar-refractivity contribution in [3.63, 3.8) is 0 Å². The van der Waals surface area contributed by atoms with Crippen LogP contribution < -0.4 is 5.73 Å². The quantitative estimate of drug-likeness (QED) is 0.808. The van der Waals surface area contributed by atoms with Crippen LogP contribution in [0.5, 0.6) is 0 Å². The van der Waals surface area contributed by atoms with Crippen LogP contribution in [-0.2, 0) is 0 Å². The number of hydrogen-bond acceptors (Lipinski definition) is 4. The van der Waals surface area contributed by atoms with Gasteiger partial charge in [-0.2, -0.15) is 5.10 Å². The van der Waals surface area contributed by atoms with Gasteiger partial charge >= 0.3 is 0 Å². The standard InChI is InChI=1S/C10H18N4S/c11-8-5-3-1-2-4-6-9(8)15-10-12-7-13-14-10/h7-9H,1-6,11H2,(H,12,13,14). The van der Waals surface area contributed by atoms with Crippen LogP contribution in [0.2, 0.25) is 0 Å². The molecule has 0 aliphatic heterocycles. The molecule has 1 fully saturated rings. The van der Waals surface area contributed by atoms with Crippen LogP contribution >= 0.6 is 11.8 Å². The highest BCUT2D eigenvalue weighted by molar-refractivity contribution is 7.99. The summed E-state index contributed by atoms with van der Waals surface area (Å²) in [5.41, 5.74) is 6.18. The smallest absolute Gasteiger partial charge is 0.183 e. The fourth-order valence-corrected chi connectivity index (χ4v) is 3.12. The summed E-state index contributed by atoms with van der Waals surface area (Å²) in [6.45, 7) is 0. The molecule has 1 aromatic rings. The summed E-state index contributed by atoms with van der Waals surface area (Å²) >= 11 is 1.75. The Bertz CT molecular complexity index is 275. The van der Waals surface area contributed by atoms with Crippen LogP contribution in [-0.4, -0.2) is 26.5 Å². The maximum Gasteiger partial charge on any atom is 0.183 e. The lowest BCUT2D eigenvalue weighted by Gasteiger charge is -2.24. The van der Waals surface area contributed by atoms with E-state index in [4.69, 9.17) is 5.73 Å². The van der Waals surface area contributed by atoms with Crippen LogP contribution in [0.4, 0.5) is 0 Å². The maximum atomic E-state index is 6.18. The maximum absolute atomic E-state index is 6.18. The van der Waals surface area contributed by atoms with Gasteiger partial charge in [-0.25, -0.2) is 4.98 Å². The molecule has 0 spiro atoms. The Morgan fingerprint density at radius 2 is 2.07 bits per heavy atom. The summed E-state index contributed by atoms with van der Waals surface area (Å²) < 4.78 is 0. The predicted molar refractivity (Wildman–Crippen MR) is 61.7 cm³/mol. The first-order valence-electron chi connectivity index (χ1n) is 5.64. The Morgan fingerprint density at radius 1 is 1.27 bits per heavy atom. The molecule has 1 aliphatic carbocycles. The second-order valence-electron chi connectivity index (χ2n) is 4.10. The summed E-state index contributed by atoms with van der Waals surface area (Å²) in [6.07, 6.45) is 9.15. The van der Waals surface area contributed by atoms with Crippen molar-refractivity contribution in [2.45, 2.75) is 55.0 Å². The number of nitrogens with one attached hydrogen (secondary N) is 1. The molecule has 0 radical (unpaired) electrons. The summed E-state index contributed by atoms with van der Waals surface area (Å²) in [7, 11) is 0. The van der Waals surface area contributed by atoms with E-state index in [0.717, 1.165) is 11.6 Å². The normalized spacial score (nSPS) is 28.3. The number of aromatic nitrogens is 3. The van der Waals surface area contributed by atoms with Crippen LogP contribution in [0.15, 0.2) is 11.5 Å². The van der Waals surface area contributed by atoms with Crippen molar-refractivity contribution in [3.05, 3.63) is 6.33 Å². The number of rotatable bonds is 2. The Morgan fingerprint density at radius 3 is 2.80 bits per heavy atom. The van der Waals surface area contributed by atoms with Crippen molar-refractivity contribution >= 4 is 11.8 Å². The monoisotopic (exact) mass is 226 g/mol. The van der Waals surface area contributed by atoms with Crippen LogP contribution in [0.1, 0.15) is 38.5 Å². The molecule has 3 N–H and O–H groups in total. The topological polar surface area (TPSA) is 67.6 Å². The number of hydrogen-bond donors (Lipinski definition) is 2. The Balaban J connectivity index is 1.92. The van der Waals surface area contributed by atoms with Crippen molar-refractivity contribution in [3.8, 4) is 0 Å². The third kappa shape index (κ3) is 3.21. The van der Waals surface area contributed by atoms with Gasteiger partial charge < -0.3 is 5.73 Å². The first kappa shape index (κ1) is 11.0. The molecular weight excluding hydrogens is 208 g/mol. The molecule has 4 nitrogen and oxygen atoms in total. The van der Waals surface area contributed by atoms with Gasteiger partial charge in [0.25, 0.3) is 0 Å². The summed E-state index contributed by atoms with van der Waals surface area (Å²) in [5.74, 6) is 0. The van der Waals surface area contributed by atoms with Gasteiger partial charge in [0, 0.05) is 11.3 Å². The summed E-state index contributed by atoms with van der Waals surface area (Å²) in [5, 5.41) is 8.14. The largest absolute Gasteiger partial charge is 0.327 e. The lowest BCUT2D eigenvalue weighted by Crippen LogP contribution is -2.33. The lowest BCUT2D eigenvalue weighted by molar-refractivity contribution is 0.463. The molecule has 84 valence electrons. The second-order valence-corrected chi connectivity index (χ2v) is 5.33. The van der Waals surface area contributed by atoms with E-state index < -0.39 is 0 Å². The molecule has 5 heteroatoms. The highest BCUT2D eigenvalue weighted by atomic mass is 32.2. The summed E-state index contributed by atoms with van der Waals surface area (Å²) in [6, 6.07) is 0.306. The fourth-order valence-electron chi connectivity index (χ4n) is 2.02. The number of nitrogens with zero attached hydrogens (tertiary/aromatic N) is 2. The molecular formula is C10H18N4S. The minimum atomic E-state index is 0.306. The van der Waals surface area contributed by atoms with Gasteiger partial charge in [-0.05, 0) is 12.8 Å². The second kappa shape index (κ2) is 5.51. The third-order valence-electron chi connectivity index (χ3n) is 2.91. The Kier molecular flexibility index (Phi) is 4.02. The highest BCUT2D eigenvalue weighted by Gasteiger charge is 2.21. The minimum Gasteiger partial charge on any atom is -0.327 e. The van der Waals surface area contributed by atoms with E-state index in [9.17, 15) is 0 Å². The molecule has 1 heterocycles. The van der Waals surface area contributed by atoms with E-state index in [1.54, 1.807) is 18.1 Å². The zero-order chi connectivity index (χ0) is 10.5. The number of aromatic amines is 1. The van der Waals surface area contributed by atoms with Gasteiger partial charge in [0.1, 0.15) is 6.33 Å². The molecule has 15 heavy (non-hydrogen) atoms. The van der Waals surface area contributed by atoms with Gasteiger partial charge in [0.05, 0.1) is 0 Å². The fraction of sp³-hybridized carbons (Fsp3) is 0.800. The molecule has 2 unspecified atom stereocenters. The van der Waals surface area contributed by atoms with Gasteiger partial charge in [0.2, 0.25) is 0 Å². The zero-order valence-electron chi connectivity index (χ0n) is 8.85. The molecule has 0 amide bonds. The van der Waals surface area contributed by atoms with E-state index >= 15 is 0 Å². The van der Waals surface area contributed by atoms with Gasteiger partial charge in [0.15, 0.2) is 5.16 Å². The first-order valence-corrected chi connectivity index (χ1v) is 6.52. The molecule has 1 saturated carbocycles. The van der Waals surface area contributed by atoms with E-state index in [1.807, 2.05) is 0 Å². The number of nitrogens with two attached hydrogens (primary N) is 1. The van der Waals surface area contributed by atoms with E-state index in [0.29, 0.717) is 11.3 Å². The van der Waals surface area contributed by atoms with Crippen LogP contribution in [0.3, 0.4) is 0 Å². The van der Waals surface area contributed by atoms with E-state index in [1.165, 1.54) is 32.1 Å². The summed E-state index contributed by atoms with van der Waals surface area (Å²) in [4.78, 5) is 4.14. The number of H-pyrrole nitrogens is 1. The molecule has 0 bridgehead atoms. The average molecular weight is 226 g/mol. The molecule has 0 aromatic carbocycles. The van der Waals surface area contributed by atoms with Gasteiger partial charge in [-0.3, -0.25) is 5.10 Å². The van der Waals surface area contributed by atoms with Gasteiger partial charge in [-0.15, -0.1) is 0 Å². The third-order valence-corrected chi connectivity index (χ3v) is 4.22. The highest BCUT2D eigenvalue weighted by Crippen LogP contribution is 2.29. The average Bonchev–Trinajstić information content (AvgIpc) is 2.70. The van der Waals surface area contributed by atoms with Crippen molar-refractivity contribution in [1.82, 2.24) is 15.2 Å². The molecule has 1 aliphatic rings. The molecule has 1 aromatic heterocycles. The van der Waals surface area contributed by atoms with Crippen molar-refractivity contribution < 1.29 is 0 Å². The van der Waals surface area contributed by atoms with Crippen LogP contribution in [0.25, 0.3) is 0 Å². The number of thioether (sulfide) groups is 1. The van der Waals surface area contributed by atoms with Crippen molar-refractivity contribution in [2.24, 2.45) is 5.73 Å². The SMILES string of the molecule is NC1CCCCCCC1Sc1ncn[nH]1. The predicted octanol–water partition coefficient (Wildman–Crippen LogP) is 1.95. The molecule has 2 rings (SSSR count). The Hall–Kier alpha value is -0.550. The first-order chi connectivity index (χ1) is 7.36. The van der Waals surface area contributed by atoms with E-state index in [-0.39, 0.29) is 0 Å². The van der Waals surface area contributed by atoms with Crippen LogP contribution in [0, 0.1) is 0 Å². The molecule has 0 saturated heterocycles. The molecule has 2 atom stereocenters. The van der Waals surface area contributed by atoms with Gasteiger partial charge in [-0.1, -0.05) is 37.4 Å². The zero-order valence-corrected chi connectivity index (χ0v) is 9.67.